The van der Waals surface area contributed by atoms with Crippen molar-refractivity contribution in [2.24, 2.45) is 0 Å². The molecule has 0 aliphatic carbocycles. The highest BCUT2D eigenvalue weighted by molar-refractivity contribution is 7.45. The first kappa shape index (κ1) is 58.9. The predicted molar refractivity (Wildman–Crippen MR) is 259 cm³/mol. The third-order valence-corrected chi connectivity index (χ3v) is 10.5. The van der Waals surface area contributed by atoms with Gasteiger partial charge in [0.1, 0.15) is 19.8 Å². The molecule has 9 nitrogen and oxygen atoms in total. The normalized spacial score (nSPS) is 14.4. The Hall–Kier alpha value is -3.07. The average molecular weight is 886 g/mol. The van der Waals surface area contributed by atoms with Gasteiger partial charge in [-0.25, -0.2) is 0 Å². The quantitative estimate of drug-likeness (QED) is 0.0196. The molecule has 0 N–H and O–H groups in total. The van der Waals surface area contributed by atoms with Gasteiger partial charge in [-0.2, -0.15) is 0 Å². The molecule has 0 aromatic rings. The average Bonchev–Trinajstić information content (AvgIpc) is 3.23. The van der Waals surface area contributed by atoms with Crippen molar-refractivity contribution in [3.63, 3.8) is 0 Å². The van der Waals surface area contributed by atoms with Gasteiger partial charge in [0.25, 0.3) is 7.82 Å². The zero-order chi connectivity index (χ0) is 45.7. The van der Waals surface area contributed by atoms with Crippen LogP contribution in [0.3, 0.4) is 0 Å². The van der Waals surface area contributed by atoms with Crippen molar-refractivity contribution >= 4 is 19.8 Å². The summed E-state index contributed by atoms with van der Waals surface area (Å²) in [5, 5.41) is 0. The molecule has 0 saturated heterocycles. The summed E-state index contributed by atoms with van der Waals surface area (Å²) in [6.45, 7) is 4.07. The van der Waals surface area contributed by atoms with E-state index >= 15 is 0 Å². The van der Waals surface area contributed by atoms with E-state index in [2.05, 4.69) is 111 Å². The zero-order valence-corrected chi connectivity index (χ0v) is 40.7. The van der Waals surface area contributed by atoms with Gasteiger partial charge in [0, 0.05) is 12.8 Å². The summed E-state index contributed by atoms with van der Waals surface area (Å²) in [5.41, 5.74) is 0. The minimum Gasteiger partial charge on any atom is -0.756 e. The van der Waals surface area contributed by atoms with Crippen LogP contribution in [-0.4, -0.2) is 70.0 Å². The number of phosphoric acid groups is 1. The summed E-state index contributed by atoms with van der Waals surface area (Å²) >= 11 is 0. The van der Waals surface area contributed by atoms with E-state index in [4.69, 9.17) is 18.5 Å². The predicted octanol–water partition coefficient (Wildman–Crippen LogP) is 13.5. The molecule has 1 unspecified atom stereocenters. The lowest BCUT2D eigenvalue weighted by Crippen LogP contribution is -2.37. The molecular formula is C52H88NO8P. The van der Waals surface area contributed by atoms with Gasteiger partial charge in [0.05, 0.1) is 27.7 Å². The number of nitrogens with zero attached hydrogens (tertiary/aromatic N) is 1. The lowest BCUT2D eigenvalue weighted by atomic mass is 10.1. The second-order valence-electron chi connectivity index (χ2n) is 16.8. The molecule has 0 heterocycles. The molecule has 10 heteroatoms. The molecule has 0 bridgehead atoms. The number of unbranched alkanes of at least 4 members (excludes halogenated alkanes) is 12. The molecule has 0 spiro atoms. The minimum atomic E-state index is -4.65. The van der Waals surface area contributed by atoms with Gasteiger partial charge in [0.15, 0.2) is 6.10 Å². The number of carbonyl (C=O) groups is 2. The van der Waals surface area contributed by atoms with Crippen LogP contribution in [0.4, 0.5) is 0 Å². The van der Waals surface area contributed by atoms with E-state index in [-0.39, 0.29) is 26.1 Å². The van der Waals surface area contributed by atoms with E-state index in [9.17, 15) is 19.0 Å². The van der Waals surface area contributed by atoms with E-state index in [0.717, 1.165) is 77.0 Å². The van der Waals surface area contributed by atoms with Crippen LogP contribution in [0, 0.1) is 0 Å². The van der Waals surface area contributed by atoms with Crippen molar-refractivity contribution < 1.29 is 42.1 Å². The molecule has 0 saturated carbocycles. The molecule has 0 aliphatic rings. The van der Waals surface area contributed by atoms with E-state index in [1.54, 1.807) is 0 Å². The molecule has 0 aromatic heterocycles. The number of phosphoric ester groups is 1. The third-order valence-electron chi connectivity index (χ3n) is 9.58. The Bertz CT molecular complexity index is 1370. The Morgan fingerprint density at radius 1 is 0.500 bits per heavy atom. The molecule has 2 atom stereocenters. The Morgan fingerprint density at radius 3 is 1.26 bits per heavy atom. The van der Waals surface area contributed by atoms with Gasteiger partial charge in [0.2, 0.25) is 0 Å². The summed E-state index contributed by atoms with van der Waals surface area (Å²) < 4.78 is 33.9. The molecule has 0 amide bonds. The number of ether oxygens (including phenoxy) is 2. The Kier molecular flexibility index (Phi) is 41.1. The van der Waals surface area contributed by atoms with Crippen LogP contribution in [0.15, 0.2) is 97.2 Å². The maximum Gasteiger partial charge on any atom is 0.306 e. The number of hydrogen-bond acceptors (Lipinski definition) is 8. The second-order valence-corrected chi connectivity index (χ2v) is 18.2. The Balaban J connectivity index is 4.47. The molecule has 0 fully saturated rings. The SMILES string of the molecule is CCCCC/C=C/C/C=C/C/C=C/C/C=C/CCCCCC(=O)OC[C@H](COP(=O)([O-])OCC[N+](C)(C)C)OC(=O)CCCCC/C=C/C/C=C/C/C=C/C/C=C/CCCCC. The maximum atomic E-state index is 12.7. The fourth-order valence-corrected chi connectivity index (χ4v) is 6.52. The number of hydrogen-bond donors (Lipinski definition) is 0. The second kappa shape index (κ2) is 43.2. The van der Waals surface area contributed by atoms with Crippen LogP contribution in [0.1, 0.15) is 168 Å². The Labute approximate surface area is 379 Å². The number of carbonyl (C=O) groups excluding carboxylic acids is 2. The van der Waals surface area contributed by atoms with Crippen molar-refractivity contribution in [2.75, 3.05) is 47.5 Å². The van der Waals surface area contributed by atoms with E-state index in [0.29, 0.717) is 23.9 Å². The monoisotopic (exact) mass is 886 g/mol. The smallest absolute Gasteiger partial charge is 0.306 e. The highest BCUT2D eigenvalue weighted by atomic mass is 31.2. The van der Waals surface area contributed by atoms with Crippen LogP contribution in [0.2, 0.25) is 0 Å². The van der Waals surface area contributed by atoms with Gasteiger partial charge in [-0.1, -0.05) is 150 Å². The van der Waals surface area contributed by atoms with Crippen molar-refractivity contribution in [3.05, 3.63) is 97.2 Å². The first-order chi connectivity index (χ1) is 30.0. The van der Waals surface area contributed by atoms with Gasteiger partial charge < -0.3 is 27.9 Å². The van der Waals surface area contributed by atoms with Crippen molar-refractivity contribution in [2.45, 2.75) is 174 Å². The van der Waals surface area contributed by atoms with Crippen molar-refractivity contribution in [1.29, 1.82) is 0 Å². The van der Waals surface area contributed by atoms with Gasteiger partial charge in [-0.05, 0) is 103 Å². The number of allylic oxidation sites excluding steroid dienone is 16. The van der Waals surface area contributed by atoms with Crippen LogP contribution < -0.4 is 4.89 Å². The summed E-state index contributed by atoms with van der Waals surface area (Å²) in [5.74, 6) is -0.916. The largest absolute Gasteiger partial charge is 0.756 e. The number of likely N-dealkylation sites (N-methyl/N-ethyl adjacent to an activating group) is 1. The van der Waals surface area contributed by atoms with Crippen molar-refractivity contribution in [3.8, 4) is 0 Å². The lowest BCUT2D eigenvalue weighted by Gasteiger charge is -2.28. The van der Waals surface area contributed by atoms with Gasteiger partial charge >= 0.3 is 11.9 Å². The summed E-state index contributed by atoms with van der Waals surface area (Å²) in [6, 6.07) is 0. The summed E-state index contributed by atoms with van der Waals surface area (Å²) in [6.07, 6.45) is 57.2. The zero-order valence-electron chi connectivity index (χ0n) is 39.8. The maximum absolute atomic E-state index is 12.7. The molecular weight excluding hydrogens is 798 g/mol. The molecule has 354 valence electrons. The molecule has 62 heavy (non-hydrogen) atoms. The minimum absolute atomic E-state index is 0.0484. The standard InChI is InChI=1S/C52H88NO8P/c1-6-8-10-12-14-16-18-20-22-24-26-28-30-32-34-36-38-40-42-44-51(54)58-48-50(49-60-62(56,57)59-47-46-53(3,4)5)61-52(55)45-43-41-39-37-35-33-31-29-27-25-23-21-19-17-15-13-11-9-7-2/h14-17,20-23,26-29,32-35,50H,6-13,18-19,24-25,30-31,36-49H2,1-5H3/b16-14+,17-15+,22-20+,23-21+,28-26+,29-27+,34-32+,35-33+/t50-/m1/s1. The molecule has 0 rings (SSSR count). The first-order valence-corrected chi connectivity index (χ1v) is 25.4. The van der Waals surface area contributed by atoms with E-state index < -0.39 is 32.5 Å². The third kappa shape index (κ3) is 46.4. The van der Waals surface area contributed by atoms with Crippen LogP contribution in [0.25, 0.3) is 0 Å². The lowest BCUT2D eigenvalue weighted by molar-refractivity contribution is -0.870. The van der Waals surface area contributed by atoms with E-state index in [1.165, 1.54) is 51.4 Å². The highest BCUT2D eigenvalue weighted by Crippen LogP contribution is 2.38. The number of quaternary nitrogens is 1. The molecule has 0 aromatic carbocycles. The molecule has 0 radical (unpaired) electrons. The Morgan fingerprint density at radius 2 is 0.871 bits per heavy atom. The fourth-order valence-electron chi connectivity index (χ4n) is 5.80. The topological polar surface area (TPSA) is 111 Å². The highest BCUT2D eigenvalue weighted by Gasteiger charge is 2.21. The van der Waals surface area contributed by atoms with Gasteiger partial charge in [-0.15, -0.1) is 0 Å². The first-order valence-electron chi connectivity index (χ1n) is 23.9. The van der Waals surface area contributed by atoms with E-state index in [1.807, 2.05) is 21.1 Å². The fraction of sp³-hybridized carbons (Fsp3) is 0.654. The van der Waals surface area contributed by atoms with Crippen molar-refractivity contribution in [1.82, 2.24) is 0 Å². The van der Waals surface area contributed by atoms with Crippen LogP contribution in [-0.2, 0) is 32.7 Å². The number of rotatable bonds is 42. The van der Waals surface area contributed by atoms with Gasteiger partial charge in [-0.3, -0.25) is 14.2 Å². The summed E-state index contributed by atoms with van der Waals surface area (Å²) in [7, 11) is 1.11. The van der Waals surface area contributed by atoms with Crippen LogP contribution in [0.5, 0.6) is 0 Å². The number of esters is 2. The van der Waals surface area contributed by atoms with Crippen LogP contribution >= 0.6 is 7.82 Å². The summed E-state index contributed by atoms with van der Waals surface area (Å²) in [4.78, 5) is 37.6. The molecule has 0 aliphatic heterocycles.